The topological polar surface area (TPSA) is 93.5 Å². The fourth-order valence-electron chi connectivity index (χ4n) is 3.84. The van der Waals surface area contributed by atoms with E-state index in [2.05, 4.69) is 5.32 Å². The second-order valence-electron chi connectivity index (χ2n) is 8.04. The first-order valence-corrected chi connectivity index (χ1v) is 11.0. The molecular formula is C25H25FN4O4. The van der Waals surface area contributed by atoms with E-state index in [-0.39, 0.29) is 25.3 Å². The Labute approximate surface area is 196 Å². The van der Waals surface area contributed by atoms with Gasteiger partial charge in [-0.25, -0.2) is 14.2 Å². The molecule has 34 heavy (non-hydrogen) atoms. The van der Waals surface area contributed by atoms with Crippen LogP contribution in [-0.4, -0.2) is 39.6 Å². The van der Waals surface area contributed by atoms with Crippen molar-refractivity contribution in [2.24, 2.45) is 0 Å². The SMILES string of the molecule is CCOC(=O)N1CCc2c(nc(-c3ccc(C)cc3)n(CC(=O)Nc3ccc(F)cc3)c2=O)C1. The Bertz CT molecular complexity index is 1270. The molecule has 9 heteroatoms. The van der Waals surface area contributed by atoms with Crippen LogP contribution in [0, 0.1) is 12.7 Å². The summed E-state index contributed by atoms with van der Waals surface area (Å²) >= 11 is 0. The number of fused-ring (bicyclic) bond motifs is 1. The molecule has 3 aromatic rings. The molecule has 2 heterocycles. The normalized spacial score (nSPS) is 12.7. The lowest BCUT2D eigenvalue weighted by Gasteiger charge is -2.28. The summed E-state index contributed by atoms with van der Waals surface area (Å²) in [6.07, 6.45) is -0.136. The summed E-state index contributed by atoms with van der Waals surface area (Å²) in [4.78, 5) is 44.7. The second kappa shape index (κ2) is 9.86. The average molecular weight is 464 g/mol. The van der Waals surface area contributed by atoms with Gasteiger partial charge in [0.05, 0.1) is 18.8 Å². The lowest BCUT2D eigenvalue weighted by atomic mass is 10.1. The second-order valence-corrected chi connectivity index (χ2v) is 8.04. The van der Waals surface area contributed by atoms with E-state index in [0.29, 0.717) is 41.3 Å². The largest absolute Gasteiger partial charge is 0.450 e. The Morgan fingerprint density at radius 3 is 2.50 bits per heavy atom. The van der Waals surface area contributed by atoms with Gasteiger partial charge >= 0.3 is 6.09 Å². The van der Waals surface area contributed by atoms with Crippen molar-refractivity contribution in [1.82, 2.24) is 14.5 Å². The van der Waals surface area contributed by atoms with Crippen molar-refractivity contribution in [3.05, 3.63) is 81.5 Å². The van der Waals surface area contributed by atoms with Crippen molar-refractivity contribution >= 4 is 17.7 Å². The van der Waals surface area contributed by atoms with Crippen molar-refractivity contribution in [1.29, 1.82) is 0 Å². The maximum Gasteiger partial charge on any atom is 0.410 e. The van der Waals surface area contributed by atoms with Crippen molar-refractivity contribution < 1.29 is 18.7 Å². The van der Waals surface area contributed by atoms with Gasteiger partial charge in [-0.3, -0.25) is 14.2 Å². The number of halogens is 1. The number of nitrogens with one attached hydrogen (secondary N) is 1. The molecule has 1 aromatic heterocycles. The lowest BCUT2D eigenvalue weighted by Crippen LogP contribution is -2.42. The zero-order valence-electron chi connectivity index (χ0n) is 19.0. The number of benzene rings is 2. The maximum atomic E-state index is 13.5. The Morgan fingerprint density at radius 2 is 1.82 bits per heavy atom. The van der Waals surface area contributed by atoms with Gasteiger partial charge in [-0.15, -0.1) is 0 Å². The monoisotopic (exact) mass is 464 g/mol. The average Bonchev–Trinajstić information content (AvgIpc) is 2.82. The van der Waals surface area contributed by atoms with Crippen molar-refractivity contribution in [2.75, 3.05) is 18.5 Å². The third-order valence-electron chi connectivity index (χ3n) is 5.59. The number of amides is 2. The molecule has 1 N–H and O–H groups in total. The Hall–Kier alpha value is -4.01. The van der Waals surface area contributed by atoms with Gasteiger partial charge in [-0.2, -0.15) is 0 Å². The predicted octanol–water partition coefficient (Wildman–Crippen LogP) is 3.51. The van der Waals surface area contributed by atoms with E-state index in [1.165, 1.54) is 33.7 Å². The summed E-state index contributed by atoms with van der Waals surface area (Å²) in [6, 6.07) is 12.9. The number of nitrogens with zero attached hydrogens (tertiary/aromatic N) is 3. The molecule has 0 fully saturated rings. The van der Waals surface area contributed by atoms with Crippen LogP contribution in [0.3, 0.4) is 0 Å². The Balaban J connectivity index is 1.71. The van der Waals surface area contributed by atoms with Crippen LogP contribution in [0.4, 0.5) is 14.9 Å². The van der Waals surface area contributed by atoms with E-state index in [1.807, 2.05) is 31.2 Å². The molecule has 4 rings (SSSR count). The fourth-order valence-corrected chi connectivity index (χ4v) is 3.84. The Morgan fingerprint density at radius 1 is 1.12 bits per heavy atom. The van der Waals surface area contributed by atoms with E-state index in [9.17, 15) is 18.8 Å². The van der Waals surface area contributed by atoms with Crippen LogP contribution in [0.5, 0.6) is 0 Å². The standard InChI is InChI=1S/C25H25FN4O4/c1-3-34-25(33)29-13-12-20-21(14-29)28-23(17-6-4-16(2)5-7-17)30(24(20)32)15-22(31)27-19-10-8-18(26)9-11-19/h4-11H,3,12-15H2,1-2H3,(H,27,31). The minimum absolute atomic E-state index is 0.158. The summed E-state index contributed by atoms with van der Waals surface area (Å²) in [5, 5.41) is 2.69. The van der Waals surface area contributed by atoms with Crippen LogP contribution in [0.1, 0.15) is 23.7 Å². The number of anilines is 1. The van der Waals surface area contributed by atoms with Crippen LogP contribution in [0.2, 0.25) is 0 Å². The molecule has 1 aliphatic rings. The number of carbonyl (C=O) groups is 2. The van der Waals surface area contributed by atoms with Gasteiger partial charge in [0.2, 0.25) is 5.91 Å². The highest BCUT2D eigenvalue weighted by Gasteiger charge is 2.27. The first-order valence-electron chi connectivity index (χ1n) is 11.0. The minimum Gasteiger partial charge on any atom is -0.450 e. The number of aromatic nitrogens is 2. The molecule has 0 unspecified atom stereocenters. The highest BCUT2D eigenvalue weighted by molar-refractivity contribution is 5.90. The molecule has 2 aromatic carbocycles. The predicted molar refractivity (Wildman–Crippen MR) is 125 cm³/mol. The number of hydrogen-bond donors (Lipinski definition) is 1. The summed E-state index contributed by atoms with van der Waals surface area (Å²) < 4.78 is 19.6. The summed E-state index contributed by atoms with van der Waals surface area (Å²) in [5.74, 6) is -0.511. The molecular weight excluding hydrogens is 439 g/mol. The van der Waals surface area contributed by atoms with Crippen molar-refractivity contribution in [2.45, 2.75) is 33.4 Å². The highest BCUT2D eigenvalue weighted by Crippen LogP contribution is 2.22. The molecule has 8 nitrogen and oxygen atoms in total. The first kappa shape index (κ1) is 23.2. The first-order chi connectivity index (χ1) is 16.4. The van der Waals surface area contributed by atoms with Gasteiger partial charge in [0.25, 0.3) is 5.56 Å². The highest BCUT2D eigenvalue weighted by atomic mass is 19.1. The summed E-state index contributed by atoms with van der Waals surface area (Å²) in [7, 11) is 0. The van der Waals surface area contributed by atoms with E-state index in [1.54, 1.807) is 6.92 Å². The smallest absolute Gasteiger partial charge is 0.410 e. The van der Waals surface area contributed by atoms with Crippen molar-refractivity contribution in [3.8, 4) is 11.4 Å². The Kier molecular flexibility index (Phi) is 6.72. The zero-order chi connectivity index (χ0) is 24.2. The third-order valence-corrected chi connectivity index (χ3v) is 5.59. The molecule has 176 valence electrons. The number of rotatable bonds is 5. The van der Waals surface area contributed by atoms with Gasteiger partial charge in [0, 0.05) is 23.4 Å². The van der Waals surface area contributed by atoms with Gasteiger partial charge in [-0.05, 0) is 44.5 Å². The quantitative estimate of drug-likeness (QED) is 0.624. The van der Waals surface area contributed by atoms with Gasteiger partial charge in [-0.1, -0.05) is 29.8 Å². The third kappa shape index (κ3) is 4.98. The molecule has 0 spiro atoms. The molecule has 1 aliphatic heterocycles. The lowest BCUT2D eigenvalue weighted by molar-refractivity contribution is -0.116. The number of hydrogen-bond acceptors (Lipinski definition) is 5. The van der Waals surface area contributed by atoms with Crippen molar-refractivity contribution in [3.63, 3.8) is 0 Å². The van der Waals surface area contributed by atoms with Crippen LogP contribution in [0.25, 0.3) is 11.4 Å². The van der Waals surface area contributed by atoms with Crippen LogP contribution >= 0.6 is 0 Å². The van der Waals surface area contributed by atoms with Gasteiger partial charge in [0.1, 0.15) is 18.2 Å². The van der Waals surface area contributed by atoms with E-state index in [4.69, 9.17) is 9.72 Å². The molecule has 0 saturated heterocycles. The zero-order valence-corrected chi connectivity index (χ0v) is 19.0. The van der Waals surface area contributed by atoms with E-state index < -0.39 is 17.8 Å². The van der Waals surface area contributed by atoms with E-state index in [0.717, 1.165) is 5.56 Å². The maximum absolute atomic E-state index is 13.5. The molecule has 0 aliphatic carbocycles. The van der Waals surface area contributed by atoms with Gasteiger partial charge in [0.15, 0.2) is 0 Å². The fraction of sp³-hybridized carbons (Fsp3) is 0.280. The molecule has 0 atom stereocenters. The van der Waals surface area contributed by atoms with Crippen LogP contribution < -0.4 is 10.9 Å². The minimum atomic E-state index is -0.449. The van der Waals surface area contributed by atoms with Crippen LogP contribution in [0.15, 0.2) is 53.3 Å². The number of ether oxygens (including phenoxy) is 1. The molecule has 2 amide bonds. The number of aryl methyl sites for hydroxylation is 1. The molecule has 0 saturated carbocycles. The molecule has 0 bridgehead atoms. The van der Waals surface area contributed by atoms with Gasteiger partial charge < -0.3 is 15.0 Å². The summed E-state index contributed by atoms with van der Waals surface area (Å²) in [5.41, 5.74) is 2.79. The van der Waals surface area contributed by atoms with Crippen LogP contribution in [-0.2, 0) is 29.0 Å². The number of carbonyl (C=O) groups excluding carboxylic acids is 2. The summed E-state index contributed by atoms with van der Waals surface area (Å²) in [6.45, 7) is 4.17. The van der Waals surface area contributed by atoms with E-state index >= 15 is 0 Å². The molecule has 0 radical (unpaired) electrons.